The SMILES string of the molecule is CC1CN(c2nc(N3CCOCC3)nc(-n3ccnc3)n2)CC(C)O1. The Morgan fingerprint density at radius 2 is 1.56 bits per heavy atom. The van der Waals surface area contributed by atoms with Crippen LogP contribution >= 0.6 is 0 Å². The summed E-state index contributed by atoms with van der Waals surface area (Å²) in [4.78, 5) is 22.5. The van der Waals surface area contributed by atoms with Gasteiger partial charge >= 0.3 is 0 Å². The van der Waals surface area contributed by atoms with Gasteiger partial charge in [0.25, 0.3) is 0 Å². The quantitative estimate of drug-likeness (QED) is 0.796. The van der Waals surface area contributed by atoms with Crippen LogP contribution in [0.1, 0.15) is 13.8 Å². The average Bonchev–Trinajstić information content (AvgIpc) is 3.16. The molecule has 9 nitrogen and oxygen atoms in total. The normalized spacial score (nSPS) is 24.6. The summed E-state index contributed by atoms with van der Waals surface area (Å²) in [6.45, 7) is 8.61. The lowest BCUT2D eigenvalue weighted by atomic mass is 10.2. The van der Waals surface area contributed by atoms with Gasteiger partial charge in [0, 0.05) is 38.6 Å². The number of anilines is 2. The molecule has 0 bridgehead atoms. The molecule has 0 N–H and O–H groups in total. The summed E-state index contributed by atoms with van der Waals surface area (Å²) in [7, 11) is 0. The van der Waals surface area contributed by atoms with Crippen LogP contribution in [0.25, 0.3) is 5.95 Å². The zero-order valence-corrected chi connectivity index (χ0v) is 14.6. The van der Waals surface area contributed by atoms with Gasteiger partial charge in [0.2, 0.25) is 17.8 Å². The lowest BCUT2D eigenvalue weighted by Crippen LogP contribution is -2.46. The Morgan fingerprint density at radius 1 is 0.920 bits per heavy atom. The Morgan fingerprint density at radius 3 is 2.20 bits per heavy atom. The van der Waals surface area contributed by atoms with Crippen LogP contribution in [0, 0.1) is 0 Å². The molecule has 9 heteroatoms. The Bertz CT molecular complexity index is 693. The first-order chi connectivity index (χ1) is 12.2. The lowest BCUT2D eigenvalue weighted by molar-refractivity contribution is -0.00573. The molecule has 0 spiro atoms. The number of rotatable bonds is 3. The molecule has 2 atom stereocenters. The maximum absolute atomic E-state index is 5.83. The number of hydrogen-bond donors (Lipinski definition) is 0. The van der Waals surface area contributed by atoms with Gasteiger partial charge in [-0.05, 0) is 13.8 Å². The molecule has 4 rings (SSSR count). The van der Waals surface area contributed by atoms with Crippen molar-refractivity contribution in [2.75, 3.05) is 49.2 Å². The topological polar surface area (TPSA) is 81.4 Å². The molecule has 2 aromatic rings. The van der Waals surface area contributed by atoms with Crippen LogP contribution in [0.2, 0.25) is 0 Å². The second-order valence-corrected chi connectivity index (χ2v) is 6.47. The zero-order chi connectivity index (χ0) is 17.2. The van der Waals surface area contributed by atoms with Crippen molar-refractivity contribution in [3.05, 3.63) is 18.7 Å². The zero-order valence-electron chi connectivity index (χ0n) is 14.6. The van der Waals surface area contributed by atoms with E-state index in [1.165, 1.54) is 0 Å². The van der Waals surface area contributed by atoms with Crippen molar-refractivity contribution in [1.82, 2.24) is 24.5 Å². The highest BCUT2D eigenvalue weighted by molar-refractivity contribution is 5.43. The Balaban J connectivity index is 1.70. The van der Waals surface area contributed by atoms with Gasteiger partial charge in [-0.25, -0.2) is 4.98 Å². The molecule has 2 aliphatic heterocycles. The maximum atomic E-state index is 5.83. The standard InChI is InChI=1S/C16H23N7O2/c1-12-9-23(10-13(2)25-12)16-19-14(21-5-7-24-8-6-21)18-15(20-16)22-4-3-17-11-22/h3-4,11-13H,5-10H2,1-2H3. The predicted molar refractivity (Wildman–Crippen MR) is 92.2 cm³/mol. The first-order valence-corrected chi connectivity index (χ1v) is 8.66. The fourth-order valence-electron chi connectivity index (χ4n) is 3.22. The second-order valence-electron chi connectivity index (χ2n) is 6.47. The summed E-state index contributed by atoms with van der Waals surface area (Å²) in [6.07, 6.45) is 5.55. The van der Waals surface area contributed by atoms with Crippen molar-refractivity contribution in [2.45, 2.75) is 26.1 Å². The summed E-state index contributed by atoms with van der Waals surface area (Å²) in [5, 5.41) is 0. The van der Waals surface area contributed by atoms with Crippen LogP contribution < -0.4 is 9.80 Å². The van der Waals surface area contributed by atoms with E-state index >= 15 is 0 Å². The third-order valence-corrected chi connectivity index (χ3v) is 4.33. The van der Waals surface area contributed by atoms with Crippen LogP contribution in [-0.4, -0.2) is 76.1 Å². The van der Waals surface area contributed by atoms with Crippen molar-refractivity contribution in [3.8, 4) is 5.95 Å². The van der Waals surface area contributed by atoms with E-state index in [0.29, 0.717) is 31.1 Å². The van der Waals surface area contributed by atoms with E-state index < -0.39 is 0 Å². The molecule has 2 unspecified atom stereocenters. The summed E-state index contributed by atoms with van der Waals surface area (Å²) >= 11 is 0. The van der Waals surface area contributed by atoms with Crippen molar-refractivity contribution in [2.24, 2.45) is 0 Å². The second kappa shape index (κ2) is 6.93. The number of nitrogens with zero attached hydrogens (tertiary/aromatic N) is 7. The van der Waals surface area contributed by atoms with Gasteiger partial charge in [0.05, 0.1) is 25.4 Å². The van der Waals surface area contributed by atoms with E-state index in [2.05, 4.69) is 38.6 Å². The predicted octanol–water partition coefficient (Wildman–Crippen LogP) is 0.508. The van der Waals surface area contributed by atoms with Crippen LogP contribution in [-0.2, 0) is 9.47 Å². The van der Waals surface area contributed by atoms with E-state index in [9.17, 15) is 0 Å². The third-order valence-electron chi connectivity index (χ3n) is 4.33. The number of aromatic nitrogens is 5. The summed E-state index contributed by atoms with van der Waals surface area (Å²) in [6, 6.07) is 0. The molecular formula is C16H23N7O2. The summed E-state index contributed by atoms with van der Waals surface area (Å²) < 4.78 is 13.1. The minimum absolute atomic E-state index is 0.143. The first-order valence-electron chi connectivity index (χ1n) is 8.66. The molecule has 2 aromatic heterocycles. The van der Waals surface area contributed by atoms with Crippen LogP contribution in [0.3, 0.4) is 0 Å². The van der Waals surface area contributed by atoms with Gasteiger partial charge in [-0.2, -0.15) is 15.0 Å². The third kappa shape index (κ3) is 3.57. The molecule has 0 radical (unpaired) electrons. The number of hydrogen-bond acceptors (Lipinski definition) is 8. The maximum Gasteiger partial charge on any atom is 0.241 e. The highest BCUT2D eigenvalue weighted by Crippen LogP contribution is 2.21. The van der Waals surface area contributed by atoms with Crippen molar-refractivity contribution >= 4 is 11.9 Å². The minimum atomic E-state index is 0.143. The van der Waals surface area contributed by atoms with E-state index in [4.69, 9.17) is 14.5 Å². The first kappa shape index (κ1) is 16.2. The number of ether oxygens (including phenoxy) is 2. The Labute approximate surface area is 146 Å². The lowest BCUT2D eigenvalue weighted by Gasteiger charge is -2.36. The molecule has 25 heavy (non-hydrogen) atoms. The van der Waals surface area contributed by atoms with Crippen LogP contribution in [0.5, 0.6) is 0 Å². The molecule has 0 aliphatic carbocycles. The van der Waals surface area contributed by atoms with Gasteiger partial charge in [-0.15, -0.1) is 0 Å². The molecule has 4 heterocycles. The molecule has 0 amide bonds. The number of morpholine rings is 2. The summed E-state index contributed by atoms with van der Waals surface area (Å²) in [5.41, 5.74) is 0. The molecule has 2 fully saturated rings. The van der Waals surface area contributed by atoms with Crippen LogP contribution in [0.4, 0.5) is 11.9 Å². The van der Waals surface area contributed by atoms with Gasteiger partial charge in [-0.1, -0.05) is 0 Å². The molecule has 2 aliphatic rings. The summed E-state index contributed by atoms with van der Waals surface area (Å²) in [5.74, 6) is 1.95. The fourth-order valence-corrected chi connectivity index (χ4v) is 3.22. The molecule has 0 saturated carbocycles. The van der Waals surface area contributed by atoms with Gasteiger partial charge < -0.3 is 19.3 Å². The highest BCUT2D eigenvalue weighted by Gasteiger charge is 2.26. The van der Waals surface area contributed by atoms with Crippen molar-refractivity contribution < 1.29 is 9.47 Å². The van der Waals surface area contributed by atoms with E-state index in [-0.39, 0.29) is 12.2 Å². The molecule has 2 saturated heterocycles. The monoisotopic (exact) mass is 345 g/mol. The van der Waals surface area contributed by atoms with Crippen molar-refractivity contribution in [3.63, 3.8) is 0 Å². The molecule has 134 valence electrons. The van der Waals surface area contributed by atoms with Gasteiger partial charge in [-0.3, -0.25) is 4.57 Å². The van der Waals surface area contributed by atoms with E-state index in [1.54, 1.807) is 12.5 Å². The van der Waals surface area contributed by atoms with Gasteiger partial charge in [0.1, 0.15) is 6.33 Å². The highest BCUT2D eigenvalue weighted by atomic mass is 16.5. The Kier molecular flexibility index (Phi) is 4.50. The largest absolute Gasteiger partial charge is 0.378 e. The minimum Gasteiger partial charge on any atom is -0.378 e. The fraction of sp³-hybridized carbons (Fsp3) is 0.625. The molecule has 0 aromatic carbocycles. The van der Waals surface area contributed by atoms with Gasteiger partial charge in [0.15, 0.2) is 0 Å². The van der Waals surface area contributed by atoms with E-state index in [0.717, 1.165) is 26.2 Å². The smallest absolute Gasteiger partial charge is 0.241 e. The Hall–Kier alpha value is -2.26. The molecular weight excluding hydrogens is 322 g/mol. The van der Waals surface area contributed by atoms with E-state index in [1.807, 2.05) is 10.8 Å². The average molecular weight is 345 g/mol. The number of imidazole rings is 1. The van der Waals surface area contributed by atoms with Crippen molar-refractivity contribution in [1.29, 1.82) is 0 Å². The van der Waals surface area contributed by atoms with Crippen LogP contribution in [0.15, 0.2) is 18.7 Å².